The zero-order valence-electron chi connectivity index (χ0n) is 9.55. The van der Waals surface area contributed by atoms with Crippen molar-refractivity contribution in [2.24, 2.45) is 11.8 Å². The lowest BCUT2D eigenvalue weighted by atomic mass is 9.88. The van der Waals surface area contributed by atoms with E-state index in [2.05, 4.69) is 20.8 Å². The number of carbonyl (C=O) groups excluding carboxylic acids is 1. The van der Waals surface area contributed by atoms with Crippen LogP contribution in [0.5, 0.6) is 0 Å². The van der Waals surface area contributed by atoms with Crippen molar-refractivity contribution in [1.29, 1.82) is 0 Å². The van der Waals surface area contributed by atoms with Crippen LogP contribution >= 0.6 is 0 Å². The van der Waals surface area contributed by atoms with Gasteiger partial charge in [-0.2, -0.15) is 0 Å². The summed E-state index contributed by atoms with van der Waals surface area (Å²) in [5, 5.41) is 0. The maximum atomic E-state index is 11.5. The summed E-state index contributed by atoms with van der Waals surface area (Å²) in [4.78, 5) is 11.5. The van der Waals surface area contributed by atoms with Crippen LogP contribution in [0, 0.1) is 11.8 Å². The fourth-order valence-corrected chi connectivity index (χ4v) is 1.49. The van der Waals surface area contributed by atoms with Crippen molar-refractivity contribution in [2.75, 3.05) is 0 Å². The Morgan fingerprint density at radius 3 is 2.15 bits per heavy atom. The molecule has 0 bridgehead atoms. The number of carbonyl (C=O) groups is 1. The molecule has 1 nitrogen and oxygen atoms in total. The quantitative estimate of drug-likeness (QED) is 0.594. The van der Waals surface area contributed by atoms with Crippen molar-refractivity contribution >= 4 is 5.78 Å². The minimum Gasteiger partial charge on any atom is -0.295 e. The summed E-state index contributed by atoms with van der Waals surface area (Å²) in [5.41, 5.74) is 1.10. The first-order valence-corrected chi connectivity index (χ1v) is 5.15. The Hall–Kier alpha value is -0.590. The summed E-state index contributed by atoms with van der Waals surface area (Å²) in [6.07, 6.45) is 3.56. The van der Waals surface area contributed by atoms with Crippen LogP contribution < -0.4 is 0 Å². The summed E-state index contributed by atoms with van der Waals surface area (Å²) in [6.45, 7) is 10.5. The second-order valence-corrected chi connectivity index (χ2v) is 4.30. The fourth-order valence-electron chi connectivity index (χ4n) is 1.49. The van der Waals surface area contributed by atoms with Crippen LogP contribution in [-0.4, -0.2) is 5.78 Å². The van der Waals surface area contributed by atoms with Crippen LogP contribution in [0.25, 0.3) is 0 Å². The van der Waals surface area contributed by atoms with Crippen molar-refractivity contribution in [2.45, 2.75) is 47.5 Å². The topological polar surface area (TPSA) is 17.1 Å². The second kappa shape index (κ2) is 5.95. The second-order valence-electron chi connectivity index (χ2n) is 4.30. The monoisotopic (exact) mass is 182 g/mol. The highest BCUT2D eigenvalue weighted by atomic mass is 16.1. The van der Waals surface area contributed by atoms with Gasteiger partial charge in [0, 0.05) is 6.42 Å². The van der Waals surface area contributed by atoms with Gasteiger partial charge in [-0.15, -0.1) is 0 Å². The molecule has 0 aliphatic heterocycles. The Morgan fingerprint density at radius 2 is 1.85 bits per heavy atom. The largest absolute Gasteiger partial charge is 0.295 e. The molecule has 13 heavy (non-hydrogen) atoms. The summed E-state index contributed by atoms with van der Waals surface area (Å²) in [5.74, 6) is 1.43. The lowest BCUT2D eigenvalue weighted by molar-refractivity contribution is -0.115. The van der Waals surface area contributed by atoms with Crippen molar-refractivity contribution in [3.63, 3.8) is 0 Å². The first-order chi connectivity index (χ1) is 5.97. The number of rotatable bonds is 5. The van der Waals surface area contributed by atoms with E-state index in [1.165, 1.54) is 0 Å². The molecule has 1 unspecified atom stereocenters. The van der Waals surface area contributed by atoms with E-state index in [9.17, 15) is 4.79 Å². The molecular weight excluding hydrogens is 160 g/mol. The van der Waals surface area contributed by atoms with Gasteiger partial charge in [0.2, 0.25) is 0 Å². The predicted molar refractivity (Wildman–Crippen MR) is 57.7 cm³/mol. The molecule has 0 fully saturated rings. The molecule has 0 aliphatic carbocycles. The van der Waals surface area contributed by atoms with E-state index in [1.807, 2.05) is 13.8 Å². The minimum atomic E-state index is 0.278. The molecule has 0 aromatic carbocycles. The molecule has 0 spiro atoms. The third-order valence-electron chi connectivity index (χ3n) is 2.38. The first-order valence-electron chi connectivity index (χ1n) is 5.15. The number of allylic oxidation sites excluding steroid dienone is 2. The van der Waals surface area contributed by atoms with E-state index in [0.29, 0.717) is 18.3 Å². The molecular formula is C12H22O. The summed E-state index contributed by atoms with van der Waals surface area (Å²) >= 11 is 0. The minimum absolute atomic E-state index is 0.278. The number of ketones is 1. The average Bonchev–Trinajstić information content (AvgIpc) is 1.98. The van der Waals surface area contributed by atoms with Gasteiger partial charge in [0.15, 0.2) is 5.78 Å². The molecule has 0 aromatic rings. The molecule has 0 saturated carbocycles. The molecule has 0 saturated heterocycles. The molecule has 76 valence electrons. The van der Waals surface area contributed by atoms with Gasteiger partial charge in [0.05, 0.1) is 0 Å². The Kier molecular flexibility index (Phi) is 5.68. The highest BCUT2D eigenvalue weighted by Gasteiger charge is 2.13. The maximum absolute atomic E-state index is 11.5. The van der Waals surface area contributed by atoms with Crippen LogP contribution in [0.2, 0.25) is 0 Å². The smallest absolute Gasteiger partial charge is 0.155 e. The molecule has 0 aliphatic rings. The van der Waals surface area contributed by atoms with E-state index in [4.69, 9.17) is 0 Å². The first kappa shape index (κ1) is 12.4. The van der Waals surface area contributed by atoms with Gasteiger partial charge in [-0.25, -0.2) is 0 Å². The Morgan fingerprint density at radius 1 is 1.31 bits per heavy atom. The van der Waals surface area contributed by atoms with Gasteiger partial charge in [0.25, 0.3) is 0 Å². The maximum Gasteiger partial charge on any atom is 0.155 e. The Balaban J connectivity index is 4.10. The summed E-state index contributed by atoms with van der Waals surface area (Å²) in [6, 6.07) is 0. The van der Waals surface area contributed by atoms with Gasteiger partial charge in [-0.3, -0.25) is 4.79 Å². The van der Waals surface area contributed by atoms with E-state index >= 15 is 0 Å². The molecule has 0 aromatic heterocycles. The number of hydrogen-bond donors (Lipinski definition) is 0. The van der Waals surface area contributed by atoms with Crippen LogP contribution in [0.4, 0.5) is 0 Å². The summed E-state index contributed by atoms with van der Waals surface area (Å²) < 4.78 is 0. The van der Waals surface area contributed by atoms with Gasteiger partial charge >= 0.3 is 0 Å². The third kappa shape index (κ3) is 5.62. The zero-order valence-corrected chi connectivity index (χ0v) is 9.55. The van der Waals surface area contributed by atoms with E-state index in [0.717, 1.165) is 12.0 Å². The highest BCUT2D eigenvalue weighted by molar-refractivity contribution is 5.90. The lowest BCUT2D eigenvalue weighted by Crippen LogP contribution is -2.12. The SMILES string of the molecule is CCC(CC(=O)C=C(C)C)C(C)C. The van der Waals surface area contributed by atoms with Crippen molar-refractivity contribution < 1.29 is 4.79 Å². The molecule has 1 atom stereocenters. The molecule has 0 radical (unpaired) electrons. The van der Waals surface area contributed by atoms with Crippen molar-refractivity contribution in [3.8, 4) is 0 Å². The van der Waals surface area contributed by atoms with Gasteiger partial charge in [-0.05, 0) is 31.8 Å². The Bertz CT molecular complexity index is 185. The van der Waals surface area contributed by atoms with Gasteiger partial charge in [-0.1, -0.05) is 32.8 Å². The Labute approximate surface area is 82.2 Å². The fraction of sp³-hybridized carbons (Fsp3) is 0.750. The van der Waals surface area contributed by atoms with Crippen LogP contribution in [0.3, 0.4) is 0 Å². The molecule has 1 heteroatoms. The van der Waals surface area contributed by atoms with Gasteiger partial charge < -0.3 is 0 Å². The van der Waals surface area contributed by atoms with Crippen LogP contribution in [0.1, 0.15) is 47.5 Å². The molecule has 0 N–H and O–H groups in total. The molecule has 0 heterocycles. The van der Waals surface area contributed by atoms with Crippen LogP contribution in [-0.2, 0) is 4.79 Å². The van der Waals surface area contributed by atoms with E-state index in [1.54, 1.807) is 6.08 Å². The normalized spacial score (nSPS) is 12.8. The predicted octanol–water partition coefficient (Wildman–Crippen LogP) is 3.59. The lowest BCUT2D eigenvalue weighted by Gasteiger charge is -2.16. The third-order valence-corrected chi connectivity index (χ3v) is 2.38. The van der Waals surface area contributed by atoms with E-state index in [-0.39, 0.29) is 5.78 Å². The van der Waals surface area contributed by atoms with Crippen molar-refractivity contribution in [3.05, 3.63) is 11.6 Å². The average molecular weight is 182 g/mol. The van der Waals surface area contributed by atoms with Crippen LogP contribution in [0.15, 0.2) is 11.6 Å². The summed E-state index contributed by atoms with van der Waals surface area (Å²) in [7, 11) is 0. The molecule has 0 amide bonds. The standard InChI is InChI=1S/C12H22O/c1-6-11(10(4)5)8-12(13)7-9(2)3/h7,10-11H,6,8H2,1-5H3. The zero-order chi connectivity index (χ0) is 10.4. The van der Waals surface area contributed by atoms with E-state index < -0.39 is 0 Å². The van der Waals surface area contributed by atoms with Gasteiger partial charge in [0.1, 0.15) is 0 Å². The number of hydrogen-bond acceptors (Lipinski definition) is 1. The molecule has 0 rings (SSSR count). The highest BCUT2D eigenvalue weighted by Crippen LogP contribution is 2.19. The van der Waals surface area contributed by atoms with Crippen molar-refractivity contribution in [1.82, 2.24) is 0 Å².